The molecule has 6 heteroatoms. The maximum absolute atomic E-state index is 12.0. The maximum atomic E-state index is 12.0. The minimum Gasteiger partial charge on any atom is -0.465 e. The molecule has 0 aromatic carbocycles. The number of esters is 1. The molecule has 1 aliphatic rings. The van der Waals surface area contributed by atoms with Crippen molar-refractivity contribution in [2.45, 2.75) is 13.3 Å². The van der Waals surface area contributed by atoms with Gasteiger partial charge in [0.1, 0.15) is 11.5 Å². The van der Waals surface area contributed by atoms with E-state index >= 15 is 0 Å². The van der Waals surface area contributed by atoms with E-state index in [1.54, 1.807) is 7.05 Å². The molecule has 0 bridgehead atoms. The first-order valence-electron chi connectivity index (χ1n) is 5.63. The molecule has 1 amide bonds. The van der Waals surface area contributed by atoms with Gasteiger partial charge in [-0.05, 0) is 6.42 Å². The van der Waals surface area contributed by atoms with E-state index in [9.17, 15) is 14.4 Å². The summed E-state index contributed by atoms with van der Waals surface area (Å²) < 4.78 is 4.47. The Morgan fingerprint density at radius 1 is 1.50 bits per heavy atom. The van der Waals surface area contributed by atoms with Crippen molar-refractivity contribution in [2.24, 2.45) is 10.9 Å². The van der Waals surface area contributed by atoms with Gasteiger partial charge in [0, 0.05) is 26.0 Å². The van der Waals surface area contributed by atoms with E-state index in [1.165, 1.54) is 18.2 Å². The second kappa shape index (κ2) is 6.09. The van der Waals surface area contributed by atoms with Crippen LogP contribution >= 0.6 is 0 Å². The minimum absolute atomic E-state index is 0.191. The Kier molecular flexibility index (Phi) is 4.76. The fourth-order valence-corrected chi connectivity index (χ4v) is 1.62. The third-order valence-electron chi connectivity index (χ3n) is 2.59. The van der Waals surface area contributed by atoms with E-state index in [0.29, 0.717) is 6.54 Å². The van der Waals surface area contributed by atoms with Crippen molar-refractivity contribution in [2.75, 3.05) is 20.7 Å². The van der Waals surface area contributed by atoms with Crippen molar-refractivity contribution in [3.8, 4) is 0 Å². The predicted molar refractivity (Wildman–Crippen MR) is 65.0 cm³/mol. The Hall–Kier alpha value is -1.98. The van der Waals surface area contributed by atoms with Crippen LogP contribution in [0.25, 0.3) is 0 Å². The average Bonchev–Trinajstić information content (AvgIpc) is 2.37. The predicted octanol–water partition coefficient (Wildman–Crippen LogP) is 0.181. The fraction of sp³-hybridized carbons (Fsp3) is 0.500. The quantitative estimate of drug-likeness (QED) is 0.406. The van der Waals surface area contributed by atoms with E-state index in [4.69, 9.17) is 0 Å². The monoisotopic (exact) mass is 252 g/mol. The zero-order valence-corrected chi connectivity index (χ0v) is 10.7. The molecule has 0 radical (unpaired) electrons. The largest absolute Gasteiger partial charge is 0.465 e. The molecule has 0 saturated heterocycles. The number of nitrogens with zero attached hydrogens (tertiary/aromatic N) is 2. The highest BCUT2D eigenvalue weighted by atomic mass is 16.5. The normalized spacial score (nSPS) is 18.3. The molecule has 1 heterocycles. The molecule has 1 unspecified atom stereocenters. The van der Waals surface area contributed by atoms with Crippen LogP contribution in [0.4, 0.5) is 0 Å². The lowest BCUT2D eigenvalue weighted by atomic mass is 9.96. The van der Waals surface area contributed by atoms with Gasteiger partial charge in [0.15, 0.2) is 5.78 Å². The summed E-state index contributed by atoms with van der Waals surface area (Å²) in [5, 5.41) is 0. The standard InChI is InChI=1S/C12H16N2O4/c1-4-5-14(2)11(16)8-6-13-7-9(10(8)15)12(17)18-3/h6-8H,4-5H2,1-3H3. The highest BCUT2D eigenvalue weighted by Crippen LogP contribution is 2.14. The maximum Gasteiger partial charge on any atom is 0.343 e. The van der Waals surface area contributed by atoms with E-state index < -0.39 is 17.7 Å². The number of methoxy groups -OCH3 is 1. The van der Waals surface area contributed by atoms with Crippen LogP contribution in [0.15, 0.2) is 16.8 Å². The van der Waals surface area contributed by atoms with Gasteiger partial charge in [-0.2, -0.15) is 0 Å². The van der Waals surface area contributed by atoms with Gasteiger partial charge < -0.3 is 9.64 Å². The number of hydrogen-bond donors (Lipinski definition) is 0. The number of Topliss-reactive ketones (excluding diaryl/α,β-unsaturated/α-hetero) is 1. The number of aliphatic imine (C=N–C) groups is 1. The van der Waals surface area contributed by atoms with Gasteiger partial charge in [-0.1, -0.05) is 6.92 Å². The number of hydrogen-bond acceptors (Lipinski definition) is 5. The molecule has 18 heavy (non-hydrogen) atoms. The zero-order valence-electron chi connectivity index (χ0n) is 10.7. The highest BCUT2D eigenvalue weighted by molar-refractivity contribution is 6.29. The van der Waals surface area contributed by atoms with Crippen LogP contribution in [0, 0.1) is 5.92 Å². The van der Waals surface area contributed by atoms with Crippen molar-refractivity contribution in [1.29, 1.82) is 0 Å². The summed E-state index contributed by atoms with van der Waals surface area (Å²) in [5.74, 6) is -2.72. The molecule has 0 spiro atoms. The molecular formula is C12H16N2O4. The summed E-state index contributed by atoms with van der Waals surface area (Å²) in [7, 11) is 2.79. The Morgan fingerprint density at radius 2 is 2.17 bits per heavy atom. The number of amides is 1. The van der Waals surface area contributed by atoms with Gasteiger partial charge in [0.05, 0.1) is 7.11 Å². The molecule has 98 valence electrons. The molecule has 0 aromatic heterocycles. The Balaban J connectivity index is 2.86. The van der Waals surface area contributed by atoms with E-state index in [-0.39, 0.29) is 11.5 Å². The first-order chi connectivity index (χ1) is 8.52. The lowest BCUT2D eigenvalue weighted by molar-refractivity contribution is -0.140. The summed E-state index contributed by atoms with van der Waals surface area (Å²) in [6, 6.07) is 0. The van der Waals surface area contributed by atoms with Gasteiger partial charge in [-0.3, -0.25) is 14.6 Å². The summed E-state index contributed by atoms with van der Waals surface area (Å²) in [6.45, 7) is 2.48. The first kappa shape index (κ1) is 14.1. The van der Waals surface area contributed by atoms with Crippen molar-refractivity contribution in [3.05, 3.63) is 11.8 Å². The highest BCUT2D eigenvalue weighted by Gasteiger charge is 2.34. The van der Waals surface area contributed by atoms with Gasteiger partial charge in [0.2, 0.25) is 5.91 Å². The molecule has 0 fully saturated rings. The Bertz CT molecular complexity index is 426. The summed E-state index contributed by atoms with van der Waals surface area (Å²) >= 11 is 0. The molecule has 1 atom stereocenters. The van der Waals surface area contributed by atoms with Crippen molar-refractivity contribution in [3.63, 3.8) is 0 Å². The third-order valence-corrected chi connectivity index (χ3v) is 2.59. The summed E-state index contributed by atoms with van der Waals surface area (Å²) in [5.41, 5.74) is -0.191. The third kappa shape index (κ3) is 2.82. The smallest absolute Gasteiger partial charge is 0.343 e. The summed E-state index contributed by atoms with van der Waals surface area (Å²) in [4.78, 5) is 40.5. The average molecular weight is 252 g/mol. The number of ether oxygens (including phenoxy) is 1. The first-order valence-corrected chi connectivity index (χ1v) is 5.63. The molecule has 0 aliphatic carbocycles. The summed E-state index contributed by atoms with van der Waals surface area (Å²) in [6.07, 6.45) is 3.17. The lowest BCUT2D eigenvalue weighted by Gasteiger charge is -2.21. The molecule has 0 saturated carbocycles. The molecular weight excluding hydrogens is 236 g/mol. The van der Waals surface area contributed by atoms with Gasteiger partial charge in [-0.25, -0.2) is 4.79 Å². The van der Waals surface area contributed by atoms with Crippen molar-refractivity contribution < 1.29 is 19.1 Å². The topological polar surface area (TPSA) is 76.0 Å². The van der Waals surface area contributed by atoms with Gasteiger partial charge >= 0.3 is 5.97 Å². The number of carbonyl (C=O) groups excluding carboxylic acids is 3. The Labute approximate surface area is 105 Å². The van der Waals surface area contributed by atoms with Crippen LogP contribution in [0.1, 0.15) is 13.3 Å². The van der Waals surface area contributed by atoms with Gasteiger partial charge in [-0.15, -0.1) is 0 Å². The number of carbonyl (C=O) groups is 3. The van der Waals surface area contributed by atoms with Crippen LogP contribution in [0.2, 0.25) is 0 Å². The molecule has 1 aliphatic heterocycles. The van der Waals surface area contributed by atoms with Crippen LogP contribution in [-0.2, 0) is 19.1 Å². The number of ketones is 1. The minimum atomic E-state index is -1.03. The second-order valence-electron chi connectivity index (χ2n) is 3.93. The molecule has 0 aromatic rings. The zero-order chi connectivity index (χ0) is 13.7. The van der Waals surface area contributed by atoms with Crippen molar-refractivity contribution >= 4 is 23.9 Å². The molecule has 0 N–H and O–H groups in total. The van der Waals surface area contributed by atoms with Crippen LogP contribution in [-0.4, -0.2) is 49.5 Å². The van der Waals surface area contributed by atoms with Crippen molar-refractivity contribution in [1.82, 2.24) is 4.90 Å². The molecule has 1 rings (SSSR count). The van der Waals surface area contributed by atoms with Crippen LogP contribution in [0.5, 0.6) is 0 Å². The van der Waals surface area contributed by atoms with Gasteiger partial charge in [0.25, 0.3) is 0 Å². The fourth-order valence-electron chi connectivity index (χ4n) is 1.62. The van der Waals surface area contributed by atoms with E-state index in [1.807, 2.05) is 6.92 Å². The second-order valence-corrected chi connectivity index (χ2v) is 3.93. The SMILES string of the molecule is CCCN(C)C(=O)C1C=NC=C(C(=O)OC)C1=O. The number of rotatable bonds is 4. The van der Waals surface area contributed by atoms with E-state index in [2.05, 4.69) is 9.73 Å². The van der Waals surface area contributed by atoms with Crippen LogP contribution in [0.3, 0.4) is 0 Å². The Morgan fingerprint density at radius 3 is 2.72 bits per heavy atom. The van der Waals surface area contributed by atoms with Crippen LogP contribution < -0.4 is 0 Å². The molecule has 6 nitrogen and oxygen atoms in total. The van der Waals surface area contributed by atoms with E-state index in [0.717, 1.165) is 12.6 Å². The lowest BCUT2D eigenvalue weighted by Crippen LogP contribution is -2.40.